The summed E-state index contributed by atoms with van der Waals surface area (Å²) in [5.41, 5.74) is 0.478. The van der Waals surface area contributed by atoms with E-state index in [-0.39, 0.29) is 24.5 Å². The number of ether oxygens (including phenoxy) is 2. The van der Waals surface area contributed by atoms with E-state index in [1.54, 1.807) is 4.90 Å². The van der Waals surface area contributed by atoms with Crippen molar-refractivity contribution in [2.75, 3.05) is 26.3 Å². The number of likely N-dealkylation sites (tertiary alicyclic amines) is 1. The van der Waals surface area contributed by atoms with Crippen LogP contribution in [0.15, 0.2) is 30.3 Å². The van der Waals surface area contributed by atoms with E-state index in [0.717, 1.165) is 5.56 Å². The first-order chi connectivity index (χ1) is 11.2. The van der Waals surface area contributed by atoms with E-state index in [1.165, 1.54) is 0 Å². The summed E-state index contributed by atoms with van der Waals surface area (Å²) in [5, 5.41) is 0. The van der Waals surface area contributed by atoms with Crippen LogP contribution in [0.3, 0.4) is 0 Å². The highest BCUT2D eigenvalue weighted by atomic mass is 16.5. The number of carbonyl (C=O) groups is 2. The Morgan fingerprint density at radius 3 is 2.96 bits per heavy atom. The van der Waals surface area contributed by atoms with Crippen LogP contribution in [0.25, 0.3) is 0 Å². The van der Waals surface area contributed by atoms with Gasteiger partial charge in [-0.25, -0.2) is 0 Å². The molecule has 3 aliphatic rings. The molecule has 0 unspecified atom stereocenters. The van der Waals surface area contributed by atoms with E-state index in [4.69, 9.17) is 9.47 Å². The van der Waals surface area contributed by atoms with Gasteiger partial charge >= 0.3 is 0 Å². The highest BCUT2D eigenvalue weighted by Crippen LogP contribution is 2.45. The highest BCUT2D eigenvalue weighted by molar-refractivity contribution is 5.85. The summed E-state index contributed by atoms with van der Waals surface area (Å²) in [6, 6.07) is 9.61. The van der Waals surface area contributed by atoms with Crippen LogP contribution in [0.4, 0.5) is 0 Å². The monoisotopic (exact) mass is 316 g/mol. The van der Waals surface area contributed by atoms with Gasteiger partial charge in [0, 0.05) is 19.5 Å². The van der Waals surface area contributed by atoms with Crippen LogP contribution >= 0.6 is 0 Å². The molecule has 2 atom stereocenters. The van der Waals surface area contributed by atoms with Crippen LogP contribution < -0.4 is 0 Å². The van der Waals surface area contributed by atoms with E-state index in [9.17, 15) is 9.59 Å². The number of rotatable bonds is 4. The van der Waals surface area contributed by atoms with Gasteiger partial charge in [0.1, 0.15) is 6.61 Å². The van der Waals surface area contributed by atoms with Crippen molar-refractivity contribution < 1.29 is 19.1 Å². The summed E-state index contributed by atoms with van der Waals surface area (Å²) < 4.78 is 11.4. The van der Waals surface area contributed by atoms with E-state index in [2.05, 4.69) is 0 Å². The van der Waals surface area contributed by atoms with Crippen molar-refractivity contribution in [3.05, 3.63) is 35.9 Å². The predicted octanol–water partition coefficient (Wildman–Crippen LogP) is 0.763. The molecule has 0 saturated carbocycles. The predicted molar refractivity (Wildman–Crippen MR) is 81.2 cm³/mol. The minimum atomic E-state index is -0.563. The number of nitrogens with zero attached hydrogens (tertiary/aromatic N) is 2. The van der Waals surface area contributed by atoms with Crippen molar-refractivity contribution in [1.29, 1.82) is 0 Å². The molecular weight excluding hydrogens is 296 g/mol. The second-order valence-electron chi connectivity index (χ2n) is 6.27. The van der Waals surface area contributed by atoms with E-state index < -0.39 is 5.72 Å². The molecule has 6 nitrogen and oxygen atoms in total. The molecule has 3 fully saturated rings. The van der Waals surface area contributed by atoms with Gasteiger partial charge in [0.2, 0.25) is 11.8 Å². The quantitative estimate of drug-likeness (QED) is 0.823. The zero-order valence-corrected chi connectivity index (χ0v) is 12.9. The van der Waals surface area contributed by atoms with Crippen LogP contribution in [-0.4, -0.2) is 59.7 Å². The third kappa shape index (κ3) is 2.33. The zero-order chi connectivity index (χ0) is 15.9. The van der Waals surface area contributed by atoms with Crippen molar-refractivity contribution in [2.45, 2.75) is 31.2 Å². The summed E-state index contributed by atoms with van der Waals surface area (Å²) in [6.45, 7) is 2.28. The van der Waals surface area contributed by atoms with Gasteiger partial charge in [-0.3, -0.25) is 9.59 Å². The minimum absolute atomic E-state index is 0.0374. The highest BCUT2D eigenvalue weighted by Gasteiger charge is 2.62. The fourth-order valence-corrected chi connectivity index (χ4v) is 4.00. The van der Waals surface area contributed by atoms with Gasteiger partial charge in [0.05, 0.1) is 25.7 Å². The van der Waals surface area contributed by atoms with Crippen LogP contribution in [0.5, 0.6) is 0 Å². The van der Waals surface area contributed by atoms with Gasteiger partial charge in [0.25, 0.3) is 0 Å². The first-order valence-corrected chi connectivity index (χ1v) is 8.06. The van der Waals surface area contributed by atoms with Gasteiger partial charge in [-0.2, -0.15) is 0 Å². The number of hydrogen-bond acceptors (Lipinski definition) is 4. The Bertz CT molecular complexity index is 620. The van der Waals surface area contributed by atoms with E-state index in [0.29, 0.717) is 39.1 Å². The van der Waals surface area contributed by atoms with Crippen LogP contribution in [0.1, 0.15) is 18.4 Å². The van der Waals surface area contributed by atoms with E-state index in [1.807, 2.05) is 35.2 Å². The van der Waals surface area contributed by atoms with Gasteiger partial charge < -0.3 is 19.3 Å². The summed E-state index contributed by atoms with van der Waals surface area (Å²) >= 11 is 0. The second-order valence-corrected chi connectivity index (χ2v) is 6.27. The maximum absolute atomic E-state index is 12.5. The minimum Gasteiger partial charge on any atom is -0.367 e. The second kappa shape index (κ2) is 5.62. The number of benzene rings is 1. The van der Waals surface area contributed by atoms with E-state index >= 15 is 0 Å². The first kappa shape index (κ1) is 14.7. The lowest BCUT2D eigenvalue weighted by Gasteiger charge is -2.31. The normalized spacial score (nSPS) is 29.0. The van der Waals surface area contributed by atoms with Crippen molar-refractivity contribution in [3.63, 3.8) is 0 Å². The van der Waals surface area contributed by atoms with Crippen molar-refractivity contribution in [2.24, 2.45) is 0 Å². The maximum atomic E-state index is 12.5. The molecule has 0 aliphatic carbocycles. The van der Waals surface area contributed by atoms with Gasteiger partial charge in [-0.05, 0) is 5.56 Å². The molecular formula is C17H20N2O4. The molecule has 3 aliphatic heterocycles. The Morgan fingerprint density at radius 1 is 1.30 bits per heavy atom. The molecule has 4 rings (SSSR count). The molecule has 0 radical (unpaired) electrons. The Balaban J connectivity index is 1.37. The Kier molecular flexibility index (Phi) is 3.58. The Hall–Kier alpha value is -1.92. The van der Waals surface area contributed by atoms with Crippen molar-refractivity contribution >= 4 is 11.8 Å². The molecule has 0 aromatic heterocycles. The third-order valence-electron chi connectivity index (χ3n) is 5.06. The lowest BCUT2D eigenvalue weighted by molar-refractivity contribution is -0.142. The molecule has 122 valence electrons. The average Bonchev–Trinajstić information content (AvgIpc) is 3.20. The van der Waals surface area contributed by atoms with Gasteiger partial charge in [-0.15, -0.1) is 0 Å². The number of hydrogen-bond donors (Lipinski definition) is 0. The van der Waals surface area contributed by atoms with Crippen LogP contribution in [0.2, 0.25) is 0 Å². The maximum Gasteiger partial charge on any atom is 0.249 e. The molecule has 3 heterocycles. The lowest BCUT2D eigenvalue weighted by Crippen LogP contribution is -2.49. The smallest absolute Gasteiger partial charge is 0.249 e. The molecule has 1 aromatic carbocycles. The Labute approximate surface area is 134 Å². The van der Waals surface area contributed by atoms with Crippen LogP contribution in [0, 0.1) is 0 Å². The first-order valence-electron chi connectivity index (χ1n) is 8.06. The zero-order valence-electron chi connectivity index (χ0n) is 12.9. The fourth-order valence-electron chi connectivity index (χ4n) is 4.00. The summed E-state index contributed by atoms with van der Waals surface area (Å²) in [4.78, 5) is 28.2. The largest absolute Gasteiger partial charge is 0.367 e. The number of amides is 2. The van der Waals surface area contributed by atoms with Gasteiger partial charge in [-0.1, -0.05) is 30.3 Å². The molecule has 1 aromatic rings. The standard InChI is InChI=1S/C17H20N2O4/c20-15-10-14-17(19(15)8-9-23-17)6-7-18(14)16(21)12-22-11-13-4-2-1-3-5-13/h1-5,14H,6-12H2/t14-,17+/m1/s1. The SMILES string of the molecule is O=C(COCc1ccccc1)N1CC[C@@]23OCCN2C(=O)C[C@@H]13. The van der Waals surface area contributed by atoms with Crippen LogP contribution in [-0.2, 0) is 25.7 Å². The Morgan fingerprint density at radius 2 is 2.13 bits per heavy atom. The summed E-state index contributed by atoms with van der Waals surface area (Å²) in [5.74, 6) is 0.0307. The molecule has 2 amide bonds. The molecule has 23 heavy (non-hydrogen) atoms. The van der Waals surface area contributed by atoms with Crippen molar-refractivity contribution in [3.8, 4) is 0 Å². The third-order valence-corrected chi connectivity index (χ3v) is 5.06. The fraction of sp³-hybridized carbons (Fsp3) is 0.529. The molecule has 6 heteroatoms. The molecule has 0 bridgehead atoms. The van der Waals surface area contributed by atoms with Crippen molar-refractivity contribution in [1.82, 2.24) is 9.80 Å². The summed E-state index contributed by atoms with van der Waals surface area (Å²) in [7, 11) is 0. The molecule has 1 spiro atoms. The average molecular weight is 316 g/mol. The summed E-state index contributed by atoms with van der Waals surface area (Å²) in [6.07, 6.45) is 1.07. The molecule has 0 N–H and O–H groups in total. The van der Waals surface area contributed by atoms with Gasteiger partial charge in [0.15, 0.2) is 5.72 Å². The topological polar surface area (TPSA) is 59.1 Å². The molecule has 3 saturated heterocycles. The lowest BCUT2D eigenvalue weighted by atomic mass is 10.1. The number of carbonyl (C=O) groups excluding carboxylic acids is 2.